The van der Waals surface area contributed by atoms with Crippen molar-refractivity contribution in [2.75, 3.05) is 11.5 Å². The van der Waals surface area contributed by atoms with Crippen molar-refractivity contribution in [1.82, 2.24) is 0 Å². The molecule has 0 aliphatic carbocycles. The van der Waals surface area contributed by atoms with Gasteiger partial charge >= 0.3 is 0 Å². The molecule has 0 bridgehead atoms. The van der Waals surface area contributed by atoms with E-state index in [1.807, 2.05) is 0 Å². The fourth-order valence-electron chi connectivity index (χ4n) is 0.594. The minimum atomic E-state index is -2.81. The Bertz CT molecular complexity index is 232. The van der Waals surface area contributed by atoms with E-state index in [9.17, 15) is 8.42 Å². The van der Waals surface area contributed by atoms with Crippen molar-refractivity contribution in [1.29, 1.82) is 0 Å². The summed E-state index contributed by atoms with van der Waals surface area (Å²) < 4.78 is 23.0. The highest BCUT2D eigenvalue weighted by molar-refractivity contribution is 9.14. The lowest BCUT2D eigenvalue weighted by molar-refractivity contribution is 0.603. The molecular weight excluding hydrogens is 272 g/mol. The van der Waals surface area contributed by atoms with Crippen molar-refractivity contribution in [2.45, 2.75) is 0 Å². The molecule has 5 heteroatoms. The van der Waals surface area contributed by atoms with Crippen molar-refractivity contribution in [3.05, 3.63) is 8.96 Å². The molecule has 0 aromatic rings. The molecule has 0 saturated heterocycles. The molecule has 0 saturated carbocycles. The van der Waals surface area contributed by atoms with E-state index in [1.54, 1.807) is 0 Å². The molecule has 0 atom stereocenters. The molecule has 0 aromatic carbocycles. The molecule has 0 unspecified atom stereocenters. The zero-order valence-corrected chi connectivity index (χ0v) is 8.38. The van der Waals surface area contributed by atoms with Gasteiger partial charge in [0.05, 0.1) is 11.5 Å². The molecule has 1 aliphatic rings. The molecule has 0 N–H and O–H groups in total. The van der Waals surface area contributed by atoms with Crippen LogP contribution in [0.15, 0.2) is 8.96 Å². The summed E-state index contributed by atoms with van der Waals surface area (Å²) in [6, 6.07) is 0. The second-order valence-electron chi connectivity index (χ2n) is 1.84. The van der Waals surface area contributed by atoms with E-state index in [-0.39, 0.29) is 11.5 Å². The summed E-state index contributed by atoms with van der Waals surface area (Å²) in [6.07, 6.45) is 0. The van der Waals surface area contributed by atoms with E-state index < -0.39 is 9.84 Å². The maximum absolute atomic E-state index is 10.7. The summed E-state index contributed by atoms with van der Waals surface area (Å²) in [5, 5.41) is 0. The molecule has 1 heterocycles. The summed E-state index contributed by atoms with van der Waals surface area (Å²) >= 11 is 6.27. The van der Waals surface area contributed by atoms with Crippen LogP contribution >= 0.6 is 31.9 Å². The molecule has 9 heavy (non-hydrogen) atoms. The van der Waals surface area contributed by atoms with Crippen LogP contribution in [-0.2, 0) is 9.84 Å². The molecule has 0 spiro atoms. The third-order valence-corrected chi connectivity index (χ3v) is 5.24. The highest BCUT2D eigenvalue weighted by atomic mass is 79.9. The van der Waals surface area contributed by atoms with Crippen molar-refractivity contribution in [3.8, 4) is 0 Å². The van der Waals surface area contributed by atoms with E-state index in [0.717, 1.165) is 8.96 Å². The molecule has 0 fully saturated rings. The highest BCUT2D eigenvalue weighted by Crippen LogP contribution is 2.28. The van der Waals surface area contributed by atoms with E-state index in [2.05, 4.69) is 31.9 Å². The van der Waals surface area contributed by atoms with Crippen LogP contribution in [0.2, 0.25) is 0 Å². The Morgan fingerprint density at radius 3 is 1.56 bits per heavy atom. The average Bonchev–Trinajstić information content (AvgIpc) is 1.79. The van der Waals surface area contributed by atoms with Crippen molar-refractivity contribution in [2.24, 2.45) is 0 Å². The first-order chi connectivity index (χ1) is 4.01. The van der Waals surface area contributed by atoms with E-state index in [0.29, 0.717) is 0 Å². The monoisotopic (exact) mass is 274 g/mol. The predicted octanol–water partition coefficient (Wildman–Crippen LogP) is 1.42. The van der Waals surface area contributed by atoms with Gasteiger partial charge in [0, 0.05) is 8.96 Å². The zero-order valence-electron chi connectivity index (χ0n) is 4.39. The second-order valence-corrected chi connectivity index (χ2v) is 5.82. The van der Waals surface area contributed by atoms with Crippen LogP contribution in [0.3, 0.4) is 0 Å². The Morgan fingerprint density at radius 1 is 1.11 bits per heavy atom. The normalized spacial score (nSPS) is 25.1. The SMILES string of the molecule is O=S1(=O)CC(Br)=C(Br)C1. The molecule has 0 amide bonds. The molecular formula is C4H4Br2O2S. The third-order valence-electron chi connectivity index (χ3n) is 0.988. The lowest BCUT2D eigenvalue weighted by Gasteiger charge is -1.85. The zero-order chi connectivity index (χ0) is 7.07. The minimum Gasteiger partial charge on any atom is -0.228 e. The van der Waals surface area contributed by atoms with Gasteiger partial charge in [-0.3, -0.25) is 0 Å². The fourth-order valence-corrected chi connectivity index (χ4v) is 4.56. The quantitative estimate of drug-likeness (QED) is 0.670. The molecule has 1 rings (SSSR count). The molecule has 1 aliphatic heterocycles. The average molecular weight is 276 g/mol. The van der Waals surface area contributed by atoms with Crippen molar-refractivity contribution >= 4 is 41.7 Å². The highest BCUT2D eigenvalue weighted by Gasteiger charge is 2.23. The summed E-state index contributed by atoms with van der Waals surface area (Å²) in [4.78, 5) is 0. The first-order valence-corrected chi connectivity index (χ1v) is 5.65. The van der Waals surface area contributed by atoms with E-state index >= 15 is 0 Å². The minimum absolute atomic E-state index is 0.146. The number of hydrogen-bond donors (Lipinski definition) is 0. The Kier molecular flexibility index (Phi) is 2.03. The largest absolute Gasteiger partial charge is 0.228 e. The summed E-state index contributed by atoms with van der Waals surface area (Å²) in [7, 11) is -2.81. The Balaban J connectivity index is 2.95. The van der Waals surface area contributed by atoms with Crippen LogP contribution in [0.5, 0.6) is 0 Å². The van der Waals surface area contributed by atoms with Crippen molar-refractivity contribution < 1.29 is 8.42 Å². The van der Waals surface area contributed by atoms with Crippen LogP contribution in [0, 0.1) is 0 Å². The van der Waals surface area contributed by atoms with Gasteiger partial charge in [-0.15, -0.1) is 0 Å². The van der Waals surface area contributed by atoms with Crippen LogP contribution in [0.1, 0.15) is 0 Å². The van der Waals surface area contributed by atoms with Gasteiger partial charge in [0.15, 0.2) is 9.84 Å². The standard InChI is InChI=1S/C4H4Br2O2S/c5-3-1-9(7,8)2-4(3)6/h1-2H2. The Hall–Kier alpha value is 0.650. The van der Waals surface area contributed by atoms with Crippen LogP contribution < -0.4 is 0 Å². The van der Waals surface area contributed by atoms with Crippen molar-refractivity contribution in [3.63, 3.8) is 0 Å². The Labute approximate surface area is 70.5 Å². The summed E-state index contributed by atoms with van der Waals surface area (Å²) in [5.74, 6) is 0.293. The number of halogens is 2. The second kappa shape index (κ2) is 2.36. The molecule has 2 nitrogen and oxygen atoms in total. The number of hydrogen-bond acceptors (Lipinski definition) is 2. The van der Waals surface area contributed by atoms with Gasteiger partial charge in [-0.1, -0.05) is 31.9 Å². The number of sulfone groups is 1. The van der Waals surface area contributed by atoms with Gasteiger partial charge in [-0.2, -0.15) is 0 Å². The van der Waals surface area contributed by atoms with Crippen LogP contribution in [-0.4, -0.2) is 19.9 Å². The van der Waals surface area contributed by atoms with Crippen LogP contribution in [0.4, 0.5) is 0 Å². The van der Waals surface area contributed by atoms with Gasteiger partial charge in [0.25, 0.3) is 0 Å². The van der Waals surface area contributed by atoms with Crippen LogP contribution in [0.25, 0.3) is 0 Å². The predicted molar refractivity (Wildman–Crippen MR) is 43.5 cm³/mol. The molecule has 0 aromatic heterocycles. The van der Waals surface area contributed by atoms with Gasteiger partial charge < -0.3 is 0 Å². The fraction of sp³-hybridized carbons (Fsp3) is 0.500. The van der Waals surface area contributed by atoms with E-state index in [1.165, 1.54) is 0 Å². The van der Waals surface area contributed by atoms with Gasteiger partial charge in [-0.05, 0) is 0 Å². The van der Waals surface area contributed by atoms with E-state index in [4.69, 9.17) is 0 Å². The first kappa shape index (κ1) is 7.75. The van der Waals surface area contributed by atoms with Gasteiger partial charge in [-0.25, -0.2) is 8.42 Å². The lowest BCUT2D eigenvalue weighted by atomic mass is 10.6. The van der Waals surface area contributed by atoms with Gasteiger partial charge in [0.2, 0.25) is 0 Å². The first-order valence-electron chi connectivity index (χ1n) is 2.25. The molecule has 52 valence electrons. The topological polar surface area (TPSA) is 34.1 Å². The summed E-state index contributed by atoms with van der Waals surface area (Å²) in [5.41, 5.74) is 0. The molecule has 0 radical (unpaired) electrons. The third kappa shape index (κ3) is 1.78. The smallest absolute Gasteiger partial charge is 0.159 e. The maximum atomic E-state index is 10.7. The summed E-state index contributed by atoms with van der Waals surface area (Å²) in [6.45, 7) is 0. The maximum Gasteiger partial charge on any atom is 0.159 e. The Morgan fingerprint density at radius 2 is 1.44 bits per heavy atom. The lowest BCUT2D eigenvalue weighted by Crippen LogP contribution is -2.01. The number of rotatable bonds is 0. The van der Waals surface area contributed by atoms with Gasteiger partial charge in [0.1, 0.15) is 0 Å².